The van der Waals surface area contributed by atoms with Gasteiger partial charge < -0.3 is 15.4 Å². The first kappa shape index (κ1) is 19.3. The maximum Gasteiger partial charge on any atom is 0.407 e. The van der Waals surface area contributed by atoms with Crippen molar-refractivity contribution in [1.82, 2.24) is 10.6 Å². The molecule has 3 unspecified atom stereocenters. The van der Waals surface area contributed by atoms with Crippen molar-refractivity contribution < 1.29 is 9.53 Å². The number of unbranched alkanes of at least 4 members (excludes halogenated alkanes) is 1. The quantitative estimate of drug-likeness (QED) is 0.739. The van der Waals surface area contributed by atoms with E-state index < -0.39 is 5.60 Å². The van der Waals surface area contributed by atoms with Crippen molar-refractivity contribution in [3.05, 3.63) is 0 Å². The average Bonchev–Trinajstić information content (AvgIpc) is 2.42. The minimum absolute atomic E-state index is 0.313. The van der Waals surface area contributed by atoms with Crippen LogP contribution in [0.1, 0.15) is 79.6 Å². The number of ether oxygens (including phenoxy) is 1. The molecule has 130 valence electrons. The van der Waals surface area contributed by atoms with Gasteiger partial charge in [-0.05, 0) is 46.0 Å². The molecule has 22 heavy (non-hydrogen) atoms. The van der Waals surface area contributed by atoms with E-state index in [0.29, 0.717) is 18.6 Å². The maximum absolute atomic E-state index is 11.8. The van der Waals surface area contributed by atoms with Crippen LogP contribution in [-0.4, -0.2) is 30.3 Å². The number of hydrogen-bond acceptors (Lipinski definition) is 3. The summed E-state index contributed by atoms with van der Waals surface area (Å²) in [6.07, 6.45) is 8.42. The van der Waals surface area contributed by atoms with Gasteiger partial charge in [0.05, 0.1) is 0 Å². The molecule has 0 heterocycles. The molecule has 3 atom stereocenters. The lowest BCUT2D eigenvalue weighted by Gasteiger charge is -2.33. The van der Waals surface area contributed by atoms with Crippen LogP contribution in [0.25, 0.3) is 0 Å². The molecule has 0 bridgehead atoms. The van der Waals surface area contributed by atoms with Crippen molar-refractivity contribution in [2.45, 2.75) is 97.2 Å². The number of hydrogen-bond donors (Lipinski definition) is 2. The van der Waals surface area contributed by atoms with Gasteiger partial charge in [0, 0.05) is 18.6 Å². The third kappa shape index (κ3) is 8.02. The monoisotopic (exact) mass is 312 g/mol. The maximum atomic E-state index is 11.8. The second kappa shape index (κ2) is 9.39. The van der Waals surface area contributed by atoms with Crippen LogP contribution in [0.4, 0.5) is 4.79 Å². The first-order chi connectivity index (χ1) is 10.3. The Bertz CT molecular complexity index is 326. The molecule has 1 aliphatic carbocycles. The third-order valence-electron chi connectivity index (χ3n) is 4.36. The minimum Gasteiger partial charge on any atom is -0.444 e. The predicted molar refractivity (Wildman–Crippen MR) is 92.1 cm³/mol. The smallest absolute Gasteiger partial charge is 0.407 e. The lowest BCUT2D eigenvalue weighted by atomic mass is 9.85. The molecule has 2 N–H and O–H groups in total. The highest BCUT2D eigenvalue weighted by Gasteiger charge is 2.24. The third-order valence-corrected chi connectivity index (χ3v) is 4.36. The molecule has 0 aromatic rings. The van der Waals surface area contributed by atoms with Crippen molar-refractivity contribution >= 4 is 6.09 Å². The molecule has 1 saturated carbocycles. The Balaban J connectivity index is 2.44. The number of carbonyl (C=O) groups is 1. The molecule has 4 heteroatoms. The molecular formula is C18H36N2O2. The average molecular weight is 312 g/mol. The Morgan fingerprint density at radius 1 is 1.27 bits per heavy atom. The number of rotatable bonds is 7. The highest BCUT2D eigenvalue weighted by atomic mass is 16.6. The molecule has 0 saturated heterocycles. The van der Waals surface area contributed by atoms with Crippen molar-refractivity contribution in [2.75, 3.05) is 6.54 Å². The van der Waals surface area contributed by atoms with Crippen LogP contribution in [0.15, 0.2) is 0 Å². The Hall–Kier alpha value is -0.770. The van der Waals surface area contributed by atoms with E-state index in [0.717, 1.165) is 12.3 Å². The fourth-order valence-corrected chi connectivity index (χ4v) is 3.08. The molecule has 0 aromatic carbocycles. The zero-order valence-corrected chi connectivity index (χ0v) is 15.2. The summed E-state index contributed by atoms with van der Waals surface area (Å²) in [7, 11) is 0. The fraction of sp³-hybridized carbons (Fsp3) is 0.944. The summed E-state index contributed by atoms with van der Waals surface area (Å²) in [5.74, 6) is 0.736. The topological polar surface area (TPSA) is 50.4 Å². The van der Waals surface area contributed by atoms with Crippen LogP contribution in [0.3, 0.4) is 0 Å². The molecule has 1 aliphatic rings. The Labute approximate surface area is 136 Å². The summed E-state index contributed by atoms with van der Waals surface area (Å²) < 4.78 is 5.33. The van der Waals surface area contributed by atoms with Gasteiger partial charge in [0.1, 0.15) is 5.60 Å². The van der Waals surface area contributed by atoms with Gasteiger partial charge in [-0.3, -0.25) is 0 Å². The normalized spacial score (nSPS) is 23.9. The van der Waals surface area contributed by atoms with Crippen LogP contribution < -0.4 is 10.6 Å². The van der Waals surface area contributed by atoms with E-state index in [9.17, 15) is 4.79 Å². The first-order valence-corrected chi connectivity index (χ1v) is 9.04. The molecule has 4 nitrogen and oxygen atoms in total. The van der Waals surface area contributed by atoms with Crippen molar-refractivity contribution in [1.29, 1.82) is 0 Å². The standard InChI is InChI=1S/C18H36N2O2/c1-6-7-11-15(13-19-17(21)22-18(3,4)5)20-16-12-9-8-10-14(16)2/h14-16,20H,6-13H2,1-5H3,(H,19,21). The molecule has 1 amide bonds. The van der Waals surface area contributed by atoms with Crippen LogP contribution >= 0.6 is 0 Å². The van der Waals surface area contributed by atoms with Crippen LogP contribution in [0.5, 0.6) is 0 Å². The number of nitrogens with one attached hydrogen (secondary N) is 2. The van der Waals surface area contributed by atoms with Crippen molar-refractivity contribution in [2.24, 2.45) is 5.92 Å². The second-order valence-corrected chi connectivity index (χ2v) is 7.76. The summed E-state index contributed by atoms with van der Waals surface area (Å²) in [5, 5.41) is 6.72. The van der Waals surface area contributed by atoms with E-state index >= 15 is 0 Å². The summed E-state index contributed by atoms with van der Waals surface area (Å²) in [5.41, 5.74) is -0.436. The minimum atomic E-state index is -0.436. The SMILES string of the molecule is CCCCC(CNC(=O)OC(C)(C)C)NC1CCCCC1C. The lowest BCUT2D eigenvalue weighted by Crippen LogP contribution is -2.49. The van der Waals surface area contributed by atoms with E-state index in [1.54, 1.807) is 0 Å². The highest BCUT2D eigenvalue weighted by Crippen LogP contribution is 2.24. The van der Waals surface area contributed by atoms with E-state index in [1.165, 1.54) is 38.5 Å². The van der Waals surface area contributed by atoms with Gasteiger partial charge >= 0.3 is 6.09 Å². The second-order valence-electron chi connectivity index (χ2n) is 7.76. The van der Waals surface area contributed by atoms with Crippen LogP contribution in [0, 0.1) is 5.92 Å². The van der Waals surface area contributed by atoms with Gasteiger partial charge in [-0.15, -0.1) is 0 Å². The molecular weight excluding hydrogens is 276 g/mol. The lowest BCUT2D eigenvalue weighted by molar-refractivity contribution is 0.0519. The van der Waals surface area contributed by atoms with Gasteiger partial charge in [0.25, 0.3) is 0 Å². The fourth-order valence-electron chi connectivity index (χ4n) is 3.08. The number of carbonyl (C=O) groups excluding carboxylic acids is 1. The summed E-state index contributed by atoms with van der Waals surface area (Å²) in [6.45, 7) is 10.9. The Morgan fingerprint density at radius 2 is 1.95 bits per heavy atom. The molecule has 0 aliphatic heterocycles. The zero-order chi connectivity index (χ0) is 16.6. The van der Waals surface area contributed by atoms with Gasteiger partial charge in [0.15, 0.2) is 0 Å². The molecule has 1 rings (SSSR count). The van der Waals surface area contributed by atoms with Crippen LogP contribution in [-0.2, 0) is 4.74 Å². The summed E-state index contributed by atoms with van der Waals surface area (Å²) >= 11 is 0. The summed E-state index contributed by atoms with van der Waals surface area (Å²) in [6, 6.07) is 0.939. The van der Waals surface area contributed by atoms with E-state index in [2.05, 4.69) is 24.5 Å². The van der Waals surface area contributed by atoms with Crippen molar-refractivity contribution in [3.8, 4) is 0 Å². The van der Waals surface area contributed by atoms with Gasteiger partial charge in [-0.1, -0.05) is 39.5 Å². The molecule has 0 spiro atoms. The molecule has 0 radical (unpaired) electrons. The summed E-state index contributed by atoms with van der Waals surface area (Å²) in [4.78, 5) is 11.8. The zero-order valence-electron chi connectivity index (χ0n) is 15.2. The van der Waals surface area contributed by atoms with E-state index in [-0.39, 0.29) is 6.09 Å². The Morgan fingerprint density at radius 3 is 2.55 bits per heavy atom. The number of alkyl carbamates (subject to hydrolysis) is 1. The van der Waals surface area contributed by atoms with E-state index in [1.807, 2.05) is 20.8 Å². The van der Waals surface area contributed by atoms with Crippen molar-refractivity contribution in [3.63, 3.8) is 0 Å². The van der Waals surface area contributed by atoms with Crippen LogP contribution in [0.2, 0.25) is 0 Å². The molecule has 1 fully saturated rings. The Kier molecular flexibility index (Phi) is 8.23. The molecule has 0 aromatic heterocycles. The largest absolute Gasteiger partial charge is 0.444 e. The first-order valence-electron chi connectivity index (χ1n) is 9.04. The van der Waals surface area contributed by atoms with Gasteiger partial charge in [-0.2, -0.15) is 0 Å². The number of amides is 1. The van der Waals surface area contributed by atoms with E-state index in [4.69, 9.17) is 4.74 Å². The predicted octanol–water partition coefficient (Wildman–Crippen LogP) is 4.24. The van der Waals surface area contributed by atoms with Gasteiger partial charge in [0.2, 0.25) is 0 Å². The highest BCUT2D eigenvalue weighted by molar-refractivity contribution is 5.67. The van der Waals surface area contributed by atoms with Gasteiger partial charge in [-0.25, -0.2) is 4.79 Å².